The highest BCUT2D eigenvalue weighted by Gasteiger charge is 2.15. The first-order chi connectivity index (χ1) is 12.6. The van der Waals surface area contributed by atoms with Crippen molar-refractivity contribution in [1.82, 2.24) is 5.32 Å². The van der Waals surface area contributed by atoms with E-state index >= 15 is 0 Å². The lowest BCUT2D eigenvalue weighted by Crippen LogP contribution is -2.39. The number of rotatable bonds is 7. The molecule has 2 aromatic carbocycles. The third-order valence-electron chi connectivity index (χ3n) is 3.84. The normalized spacial score (nSPS) is 11.1. The van der Waals surface area contributed by atoms with Gasteiger partial charge in [0.05, 0.1) is 6.54 Å². The Morgan fingerprint density at radius 3 is 2.30 bits per heavy atom. The summed E-state index contributed by atoms with van der Waals surface area (Å²) < 4.78 is 11.1. The molecule has 2 aromatic rings. The van der Waals surface area contributed by atoms with Crippen LogP contribution >= 0.6 is 0 Å². The lowest BCUT2D eigenvalue weighted by molar-refractivity contribution is -0.142. The summed E-state index contributed by atoms with van der Waals surface area (Å²) in [5.41, 5.74) is 2.18. The predicted molar refractivity (Wildman–Crippen MR) is 105 cm³/mol. The Hall–Kier alpha value is -2.66. The molecule has 2 rings (SSSR count). The maximum atomic E-state index is 12.5. The van der Waals surface area contributed by atoms with Gasteiger partial charge in [0.1, 0.15) is 18.1 Å². The van der Waals surface area contributed by atoms with Gasteiger partial charge in [-0.2, -0.15) is 0 Å². The third-order valence-corrected chi connectivity index (χ3v) is 3.84. The first-order valence-electron chi connectivity index (χ1n) is 8.93. The van der Waals surface area contributed by atoms with E-state index in [-0.39, 0.29) is 30.4 Å². The quantitative estimate of drug-likeness (QED) is 0.578. The topological polar surface area (TPSA) is 64.6 Å². The van der Waals surface area contributed by atoms with E-state index in [4.69, 9.17) is 9.47 Å². The first-order valence-corrected chi connectivity index (χ1v) is 8.93. The van der Waals surface area contributed by atoms with Crippen molar-refractivity contribution in [3.05, 3.63) is 59.2 Å². The third kappa shape index (κ3) is 6.87. The van der Waals surface area contributed by atoms with Crippen LogP contribution in [0.4, 0.5) is 0 Å². The monoisotopic (exact) mass is 369 g/mol. The summed E-state index contributed by atoms with van der Waals surface area (Å²) in [4.78, 5) is 23.7. The molecule has 0 saturated heterocycles. The van der Waals surface area contributed by atoms with Crippen molar-refractivity contribution in [2.75, 3.05) is 6.54 Å². The number of Topliss-reactive ketones (excluding diaryl/α,β-unsaturated/α-hetero) is 1. The van der Waals surface area contributed by atoms with E-state index in [1.807, 2.05) is 52.0 Å². The van der Waals surface area contributed by atoms with Gasteiger partial charge in [0, 0.05) is 23.6 Å². The average Bonchev–Trinajstić information content (AvgIpc) is 2.60. The second kappa shape index (κ2) is 8.82. The SMILES string of the molecule is CC(=O)OCc1cc(C(=O)CNC(C)(C)C)ccc1Oc1ccc(C)cc1. The fourth-order valence-corrected chi connectivity index (χ4v) is 2.33. The molecule has 0 bridgehead atoms. The van der Waals surface area contributed by atoms with Gasteiger partial charge in [0.25, 0.3) is 0 Å². The van der Waals surface area contributed by atoms with Gasteiger partial charge in [-0.3, -0.25) is 9.59 Å². The lowest BCUT2D eigenvalue weighted by atomic mass is 10.0. The van der Waals surface area contributed by atoms with Crippen molar-refractivity contribution in [3.63, 3.8) is 0 Å². The minimum absolute atomic E-state index is 0.0316. The number of ketones is 1. The van der Waals surface area contributed by atoms with E-state index in [0.29, 0.717) is 22.6 Å². The summed E-state index contributed by atoms with van der Waals surface area (Å²) in [7, 11) is 0. The first kappa shape index (κ1) is 20.6. The highest BCUT2D eigenvalue weighted by atomic mass is 16.5. The zero-order chi connectivity index (χ0) is 20.0. The highest BCUT2D eigenvalue weighted by molar-refractivity contribution is 5.98. The molecule has 0 saturated carbocycles. The van der Waals surface area contributed by atoms with Crippen LogP contribution in [0.25, 0.3) is 0 Å². The fraction of sp³-hybridized carbons (Fsp3) is 0.364. The average molecular weight is 369 g/mol. The summed E-state index contributed by atoms with van der Waals surface area (Å²) >= 11 is 0. The maximum absolute atomic E-state index is 12.5. The van der Waals surface area contributed by atoms with Crippen molar-refractivity contribution in [1.29, 1.82) is 0 Å². The number of carbonyl (C=O) groups is 2. The molecule has 0 aliphatic heterocycles. The van der Waals surface area contributed by atoms with E-state index in [0.717, 1.165) is 5.56 Å². The molecule has 0 aromatic heterocycles. The van der Waals surface area contributed by atoms with Crippen LogP contribution in [0.5, 0.6) is 11.5 Å². The molecular formula is C22H27NO4. The zero-order valence-corrected chi connectivity index (χ0v) is 16.6. The maximum Gasteiger partial charge on any atom is 0.302 e. The number of carbonyl (C=O) groups excluding carboxylic acids is 2. The number of nitrogens with one attached hydrogen (secondary N) is 1. The van der Waals surface area contributed by atoms with E-state index in [9.17, 15) is 9.59 Å². The van der Waals surface area contributed by atoms with E-state index in [1.54, 1.807) is 18.2 Å². The Morgan fingerprint density at radius 2 is 1.70 bits per heavy atom. The number of aryl methyl sites for hydroxylation is 1. The number of benzene rings is 2. The molecule has 0 unspecified atom stereocenters. The van der Waals surface area contributed by atoms with Gasteiger partial charge in [-0.15, -0.1) is 0 Å². The van der Waals surface area contributed by atoms with Crippen molar-refractivity contribution in [2.24, 2.45) is 0 Å². The van der Waals surface area contributed by atoms with Crippen molar-refractivity contribution >= 4 is 11.8 Å². The lowest BCUT2D eigenvalue weighted by Gasteiger charge is -2.20. The van der Waals surface area contributed by atoms with Crippen LogP contribution in [0.15, 0.2) is 42.5 Å². The van der Waals surface area contributed by atoms with E-state index in [1.165, 1.54) is 6.92 Å². The summed E-state index contributed by atoms with van der Waals surface area (Å²) in [5, 5.41) is 3.18. The summed E-state index contributed by atoms with van der Waals surface area (Å²) in [6.07, 6.45) is 0. The number of ether oxygens (including phenoxy) is 2. The van der Waals surface area contributed by atoms with Crippen LogP contribution in [0, 0.1) is 6.92 Å². The largest absolute Gasteiger partial charge is 0.461 e. The minimum atomic E-state index is -0.387. The standard InChI is InChI=1S/C22H27NO4/c1-15-6-9-19(10-7-15)27-21-11-8-17(12-18(21)14-26-16(2)24)20(25)13-23-22(3,4)5/h6-12,23H,13-14H2,1-5H3. The van der Waals surface area contributed by atoms with Crippen LogP contribution in [0.3, 0.4) is 0 Å². The molecule has 5 nitrogen and oxygen atoms in total. The molecule has 144 valence electrons. The van der Waals surface area contributed by atoms with Gasteiger partial charge < -0.3 is 14.8 Å². The molecule has 0 aliphatic rings. The van der Waals surface area contributed by atoms with Gasteiger partial charge in [0.2, 0.25) is 0 Å². The summed E-state index contributed by atoms with van der Waals surface area (Å²) in [6.45, 7) is 9.64. The number of hydrogen-bond acceptors (Lipinski definition) is 5. The summed E-state index contributed by atoms with van der Waals surface area (Å²) in [6, 6.07) is 12.8. The molecule has 0 heterocycles. The molecule has 27 heavy (non-hydrogen) atoms. The van der Waals surface area contributed by atoms with Gasteiger partial charge in [0.15, 0.2) is 5.78 Å². The second-order valence-electron chi connectivity index (χ2n) is 7.54. The van der Waals surface area contributed by atoms with Gasteiger partial charge in [-0.1, -0.05) is 17.7 Å². The molecule has 0 radical (unpaired) electrons. The molecule has 0 aliphatic carbocycles. The van der Waals surface area contributed by atoms with Crippen molar-refractivity contribution in [3.8, 4) is 11.5 Å². The van der Waals surface area contributed by atoms with Crippen LogP contribution in [0.2, 0.25) is 0 Å². The van der Waals surface area contributed by atoms with Crippen LogP contribution in [-0.2, 0) is 16.1 Å². The van der Waals surface area contributed by atoms with E-state index < -0.39 is 0 Å². The Balaban J connectivity index is 2.23. The number of hydrogen-bond donors (Lipinski definition) is 1. The van der Waals surface area contributed by atoms with Gasteiger partial charge >= 0.3 is 5.97 Å². The molecule has 0 amide bonds. The van der Waals surface area contributed by atoms with Crippen molar-refractivity contribution < 1.29 is 19.1 Å². The fourth-order valence-electron chi connectivity index (χ4n) is 2.33. The molecule has 0 fully saturated rings. The second-order valence-corrected chi connectivity index (χ2v) is 7.54. The van der Waals surface area contributed by atoms with Gasteiger partial charge in [-0.25, -0.2) is 0 Å². The van der Waals surface area contributed by atoms with Crippen LogP contribution in [0.1, 0.15) is 49.2 Å². The number of esters is 1. The molecule has 0 spiro atoms. The predicted octanol–water partition coefficient (Wildman–Crippen LogP) is 4.42. The minimum Gasteiger partial charge on any atom is -0.461 e. The Kier molecular flexibility index (Phi) is 6.75. The Bertz CT molecular complexity index is 804. The molecule has 0 atom stereocenters. The van der Waals surface area contributed by atoms with E-state index in [2.05, 4.69) is 5.32 Å². The Labute approximate surface area is 160 Å². The Morgan fingerprint density at radius 1 is 1.04 bits per heavy atom. The smallest absolute Gasteiger partial charge is 0.302 e. The van der Waals surface area contributed by atoms with Gasteiger partial charge in [-0.05, 0) is 58.0 Å². The van der Waals surface area contributed by atoms with Crippen LogP contribution < -0.4 is 10.1 Å². The van der Waals surface area contributed by atoms with Crippen molar-refractivity contribution in [2.45, 2.75) is 46.8 Å². The zero-order valence-electron chi connectivity index (χ0n) is 16.6. The molecule has 1 N–H and O–H groups in total. The molecule has 5 heteroatoms. The summed E-state index contributed by atoms with van der Waals surface area (Å²) in [5.74, 6) is 0.817. The molecular weight excluding hydrogens is 342 g/mol. The highest BCUT2D eigenvalue weighted by Crippen LogP contribution is 2.27. The van der Waals surface area contributed by atoms with Crippen LogP contribution in [-0.4, -0.2) is 23.8 Å².